The molecule has 2 N–H and O–H groups in total. The summed E-state index contributed by atoms with van der Waals surface area (Å²) in [4.78, 5) is 0. The lowest BCUT2D eigenvalue weighted by atomic mass is 10.0. The summed E-state index contributed by atoms with van der Waals surface area (Å²) in [6.45, 7) is 1.65. The molecule has 0 bridgehead atoms. The van der Waals surface area contributed by atoms with Gasteiger partial charge < -0.3 is 19.7 Å². The molecule has 124 valence electrons. The number of thioether (sulfide) groups is 1. The number of ether oxygens (including phenoxy) is 2. The van der Waals surface area contributed by atoms with E-state index >= 15 is 0 Å². The van der Waals surface area contributed by atoms with E-state index < -0.39 is 39.7 Å². The summed E-state index contributed by atoms with van der Waals surface area (Å²) < 4.78 is 36.7. The molecule has 0 amide bonds. The minimum atomic E-state index is -3.53. The predicted molar refractivity (Wildman–Crippen MR) is 84.8 cm³/mol. The Morgan fingerprint density at radius 1 is 1.22 bits per heavy atom. The molecule has 5 atom stereocenters. The van der Waals surface area contributed by atoms with Crippen LogP contribution in [-0.4, -0.2) is 48.5 Å². The third-order valence-electron chi connectivity index (χ3n) is 4.34. The lowest BCUT2D eigenvalue weighted by Crippen LogP contribution is -2.57. The number of benzene rings is 1. The molecule has 0 radical (unpaired) electrons. The summed E-state index contributed by atoms with van der Waals surface area (Å²) in [7, 11) is -3.53. The van der Waals surface area contributed by atoms with Crippen LogP contribution < -0.4 is 0 Å². The fourth-order valence-electron chi connectivity index (χ4n) is 3.09. The number of rotatable bonds is 0. The number of fused-ring (bicyclic) bond motifs is 3. The highest BCUT2D eigenvalue weighted by molar-refractivity contribution is 8.19. The van der Waals surface area contributed by atoms with E-state index in [2.05, 4.69) is 0 Å². The second-order valence-corrected chi connectivity index (χ2v) is 9.30. The zero-order chi connectivity index (χ0) is 16.4. The van der Waals surface area contributed by atoms with E-state index in [9.17, 15) is 18.6 Å². The maximum Gasteiger partial charge on any atom is 0.215 e. The number of aliphatic hydroxyl groups excluding tert-OH is 2. The summed E-state index contributed by atoms with van der Waals surface area (Å²) in [5, 5.41) is 19.5. The Bertz CT molecular complexity index is 787. The van der Waals surface area contributed by atoms with Crippen LogP contribution in [0.4, 0.5) is 0 Å². The summed E-state index contributed by atoms with van der Waals surface area (Å²) >= 11 is 1.02. The van der Waals surface area contributed by atoms with Crippen molar-refractivity contribution >= 4 is 27.4 Å². The highest BCUT2D eigenvalue weighted by atomic mass is 32.3. The van der Waals surface area contributed by atoms with Crippen molar-refractivity contribution in [3.8, 4) is 0 Å². The summed E-state index contributed by atoms with van der Waals surface area (Å²) in [5.41, 5.74) is 1.43. The Balaban J connectivity index is 1.82. The first-order valence-electron chi connectivity index (χ1n) is 7.29. The van der Waals surface area contributed by atoms with E-state index in [-0.39, 0.29) is 15.7 Å². The minimum Gasteiger partial charge on any atom is -0.461 e. The number of sulfone groups is 1. The first-order chi connectivity index (χ1) is 10.9. The van der Waals surface area contributed by atoms with Gasteiger partial charge in [-0.05, 0) is 12.5 Å². The fraction of sp³-hybridized carbons (Fsp3) is 0.467. The Morgan fingerprint density at radius 3 is 2.74 bits per heavy atom. The van der Waals surface area contributed by atoms with Crippen LogP contribution in [0.2, 0.25) is 0 Å². The molecule has 0 spiro atoms. The molecule has 1 aromatic carbocycles. The van der Waals surface area contributed by atoms with Gasteiger partial charge in [0, 0.05) is 5.56 Å². The van der Waals surface area contributed by atoms with Crippen molar-refractivity contribution in [3.63, 3.8) is 0 Å². The van der Waals surface area contributed by atoms with Crippen LogP contribution in [-0.2, 0) is 25.1 Å². The highest BCUT2D eigenvalue weighted by Gasteiger charge is 2.50. The van der Waals surface area contributed by atoms with Gasteiger partial charge in [0.1, 0.15) is 21.7 Å². The summed E-state index contributed by atoms with van der Waals surface area (Å²) in [6.07, 6.45) is -3.58. The monoisotopic (exact) mass is 356 g/mol. The topological polar surface area (TPSA) is 93.1 Å². The predicted octanol–water partition coefficient (Wildman–Crippen LogP) is 0.840. The molecule has 0 aliphatic carbocycles. The molecule has 0 saturated carbocycles. The molecule has 0 aromatic heterocycles. The molecule has 6 nitrogen and oxygen atoms in total. The van der Waals surface area contributed by atoms with Gasteiger partial charge in [-0.25, -0.2) is 8.42 Å². The molecule has 1 saturated heterocycles. The van der Waals surface area contributed by atoms with Crippen molar-refractivity contribution in [1.82, 2.24) is 0 Å². The number of hydrogen-bond donors (Lipinski definition) is 2. The van der Waals surface area contributed by atoms with Gasteiger partial charge >= 0.3 is 0 Å². The zero-order valence-electron chi connectivity index (χ0n) is 12.2. The van der Waals surface area contributed by atoms with E-state index in [1.165, 1.54) is 0 Å². The van der Waals surface area contributed by atoms with Gasteiger partial charge in [0.2, 0.25) is 6.29 Å². The van der Waals surface area contributed by atoms with Crippen LogP contribution in [0.5, 0.6) is 0 Å². The second kappa shape index (κ2) is 5.22. The first kappa shape index (κ1) is 15.5. The van der Waals surface area contributed by atoms with Gasteiger partial charge in [-0.15, -0.1) is 0 Å². The average molecular weight is 356 g/mol. The Hall–Kier alpha value is -1.06. The van der Waals surface area contributed by atoms with Gasteiger partial charge in [-0.1, -0.05) is 36.0 Å². The normalized spacial score (nSPS) is 38.1. The third kappa shape index (κ3) is 2.32. The minimum absolute atomic E-state index is 0.0916. The maximum absolute atomic E-state index is 12.6. The van der Waals surface area contributed by atoms with E-state index in [1.807, 2.05) is 12.1 Å². The van der Waals surface area contributed by atoms with Crippen molar-refractivity contribution in [3.05, 3.63) is 39.6 Å². The highest BCUT2D eigenvalue weighted by Crippen LogP contribution is 2.49. The standard InChI is InChI=1S/C15H16O6S2/c1-7-10(16)11(17)13-14(20-7)21-12-9-5-3-2-4-8(9)6-23(18,19)15(12)22-13/h2-5,7,10-11,13-14,16-17H,6H2,1H3. The van der Waals surface area contributed by atoms with Gasteiger partial charge in [-0.3, -0.25) is 0 Å². The molecule has 23 heavy (non-hydrogen) atoms. The number of aliphatic hydroxyl groups is 2. The van der Waals surface area contributed by atoms with Crippen LogP contribution in [0, 0.1) is 0 Å². The molecule has 8 heteroatoms. The smallest absolute Gasteiger partial charge is 0.215 e. The lowest BCUT2D eigenvalue weighted by molar-refractivity contribution is -0.220. The van der Waals surface area contributed by atoms with E-state index in [4.69, 9.17) is 9.47 Å². The van der Waals surface area contributed by atoms with Crippen molar-refractivity contribution in [2.75, 3.05) is 0 Å². The molecule has 1 aromatic rings. The van der Waals surface area contributed by atoms with Crippen LogP contribution in [0.15, 0.2) is 28.5 Å². The molecular weight excluding hydrogens is 340 g/mol. The van der Waals surface area contributed by atoms with E-state index in [0.717, 1.165) is 17.3 Å². The van der Waals surface area contributed by atoms with Gasteiger partial charge in [-0.2, -0.15) is 0 Å². The lowest BCUT2D eigenvalue weighted by Gasteiger charge is -2.44. The quantitative estimate of drug-likeness (QED) is 0.711. The zero-order valence-corrected chi connectivity index (χ0v) is 13.9. The van der Waals surface area contributed by atoms with E-state index in [1.54, 1.807) is 19.1 Å². The van der Waals surface area contributed by atoms with Gasteiger partial charge in [0.15, 0.2) is 15.6 Å². The largest absolute Gasteiger partial charge is 0.461 e. The first-order valence-corrected chi connectivity index (χ1v) is 9.82. The molecular formula is C15H16O6S2. The molecule has 3 aliphatic rings. The van der Waals surface area contributed by atoms with Crippen LogP contribution in [0.1, 0.15) is 18.1 Å². The molecule has 3 aliphatic heterocycles. The fourth-order valence-corrected chi connectivity index (χ4v) is 6.46. The van der Waals surface area contributed by atoms with Crippen molar-refractivity contribution in [2.45, 2.75) is 42.5 Å². The third-order valence-corrected chi connectivity index (χ3v) is 8.00. The van der Waals surface area contributed by atoms with Gasteiger partial charge in [0.05, 0.1) is 11.9 Å². The average Bonchev–Trinajstić information content (AvgIpc) is 2.51. The van der Waals surface area contributed by atoms with E-state index in [0.29, 0.717) is 5.56 Å². The van der Waals surface area contributed by atoms with Crippen LogP contribution >= 0.6 is 11.8 Å². The summed E-state index contributed by atoms with van der Waals surface area (Å²) in [5.74, 6) is 0.194. The maximum atomic E-state index is 12.6. The molecule has 1 fully saturated rings. The molecule has 3 heterocycles. The Labute approximate surface area is 138 Å². The molecule has 4 rings (SSSR count). The number of hydrogen-bond acceptors (Lipinski definition) is 7. The van der Waals surface area contributed by atoms with Gasteiger partial charge in [0.25, 0.3) is 0 Å². The molecule has 5 unspecified atom stereocenters. The van der Waals surface area contributed by atoms with Crippen molar-refractivity contribution in [2.24, 2.45) is 0 Å². The van der Waals surface area contributed by atoms with Crippen molar-refractivity contribution < 1.29 is 28.1 Å². The Morgan fingerprint density at radius 2 is 1.96 bits per heavy atom. The summed E-state index contributed by atoms with van der Waals surface area (Å²) in [6, 6.07) is 7.19. The van der Waals surface area contributed by atoms with Crippen LogP contribution in [0.25, 0.3) is 5.76 Å². The van der Waals surface area contributed by atoms with Crippen molar-refractivity contribution in [1.29, 1.82) is 0 Å². The second-order valence-electron chi connectivity index (χ2n) is 5.92. The SMILES string of the molecule is CC1OC2OC3=C(SC2C(O)C1O)S(=O)(=O)Cc1ccccc13. The Kier molecular flexibility index (Phi) is 3.51. The van der Waals surface area contributed by atoms with Crippen LogP contribution in [0.3, 0.4) is 0 Å².